The van der Waals surface area contributed by atoms with Gasteiger partial charge in [0.05, 0.1) is 23.9 Å². The molecule has 9 heteroatoms. The third kappa shape index (κ3) is 5.07. The lowest BCUT2D eigenvalue weighted by molar-refractivity contribution is -0.132. The molecular weight excluding hydrogens is 408 g/mol. The molecule has 1 N–H and O–H groups in total. The van der Waals surface area contributed by atoms with Gasteiger partial charge in [0, 0.05) is 38.8 Å². The number of anilines is 1. The van der Waals surface area contributed by atoms with Crippen molar-refractivity contribution >= 4 is 11.7 Å². The topological polar surface area (TPSA) is 115 Å². The number of amides is 1. The van der Waals surface area contributed by atoms with E-state index in [1.807, 2.05) is 11.0 Å². The molecule has 2 aromatic rings. The fourth-order valence-electron chi connectivity index (χ4n) is 4.51. The van der Waals surface area contributed by atoms with Gasteiger partial charge in [-0.05, 0) is 50.2 Å². The zero-order valence-electron chi connectivity index (χ0n) is 18.3. The van der Waals surface area contributed by atoms with Gasteiger partial charge < -0.3 is 14.5 Å². The SMILES string of the molecule is Cc1c(OC[C@@H]2CC[C@@H](CC(=O)N3CCN(c4ccc(C#N)cn4)CC3)C2)cn[nH]c1=O. The Kier molecular flexibility index (Phi) is 6.69. The van der Waals surface area contributed by atoms with Gasteiger partial charge in [-0.3, -0.25) is 9.59 Å². The van der Waals surface area contributed by atoms with Gasteiger partial charge in [-0.25, -0.2) is 10.1 Å². The second-order valence-corrected chi connectivity index (χ2v) is 8.63. The Balaban J connectivity index is 1.20. The van der Waals surface area contributed by atoms with E-state index in [2.05, 4.69) is 26.2 Å². The number of hydrogen-bond acceptors (Lipinski definition) is 7. The smallest absolute Gasteiger partial charge is 0.270 e. The summed E-state index contributed by atoms with van der Waals surface area (Å²) < 4.78 is 5.83. The van der Waals surface area contributed by atoms with Gasteiger partial charge in [-0.1, -0.05) is 0 Å². The van der Waals surface area contributed by atoms with Crippen LogP contribution >= 0.6 is 0 Å². The number of aromatic amines is 1. The summed E-state index contributed by atoms with van der Waals surface area (Å²) in [5, 5.41) is 15.1. The molecule has 1 saturated heterocycles. The van der Waals surface area contributed by atoms with Gasteiger partial charge in [-0.15, -0.1) is 0 Å². The molecule has 1 saturated carbocycles. The Morgan fingerprint density at radius 3 is 2.72 bits per heavy atom. The third-order valence-corrected chi connectivity index (χ3v) is 6.48. The normalized spacial score (nSPS) is 20.8. The highest BCUT2D eigenvalue weighted by atomic mass is 16.5. The van der Waals surface area contributed by atoms with Crippen molar-refractivity contribution in [2.24, 2.45) is 11.8 Å². The molecule has 2 aromatic heterocycles. The number of carbonyl (C=O) groups excluding carboxylic acids is 1. The molecule has 1 amide bonds. The number of carbonyl (C=O) groups is 1. The van der Waals surface area contributed by atoms with Crippen LogP contribution in [0.15, 0.2) is 29.3 Å². The van der Waals surface area contributed by atoms with Crippen LogP contribution in [0.4, 0.5) is 5.82 Å². The van der Waals surface area contributed by atoms with Crippen molar-refractivity contribution in [3.8, 4) is 11.8 Å². The molecule has 0 unspecified atom stereocenters. The first-order chi connectivity index (χ1) is 15.5. The predicted octanol–water partition coefficient (Wildman–Crippen LogP) is 1.88. The Bertz CT molecular complexity index is 1040. The van der Waals surface area contributed by atoms with Crippen LogP contribution < -0.4 is 15.2 Å². The third-order valence-electron chi connectivity index (χ3n) is 6.48. The van der Waals surface area contributed by atoms with E-state index in [4.69, 9.17) is 10.00 Å². The minimum absolute atomic E-state index is 0.221. The van der Waals surface area contributed by atoms with Crippen molar-refractivity contribution in [3.63, 3.8) is 0 Å². The van der Waals surface area contributed by atoms with E-state index in [1.165, 1.54) is 0 Å². The van der Waals surface area contributed by atoms with Crippen LogP contribution in [-0.4, -0.2) is 58.8 Å². The van der Waals surface area contributed by atoms with Gasteiger partial charge in [0.1, 0.15) is 17.6 Å². The number of nitriles is 1. The van der Waals surface area contributed by atoms with E-state index in [0.717, 1.165) is 38.2 Å². The van der Waals surface area contributed by atoms with Crippen molar-refractivity contribution in [1.82, 2.24) is 20.1 Å². The Hall–Kier alpha value is -3.41. The van der Waals surface area contributed by atoms with Gasteiger partial charge in [0.15, 0.2) is 0 Å². The molecule has 2 aliphatic rings. The Labute approximate surface area is 187 Å². The molecule has 4 rings (SSSR count). The zero-order valence-corrected chi connectivity index (χ0v) is 18.3. The number of ether oxygens (including phenoxy) is 1. The number of aromatic nitrogens is 3. The van der Waals surface area contributed by atoms with Crippen molar-refractivity contribution in [2.45, 2.75) is 32.6 Å². The van der Waals surface area contributed by atoms with Crippen molar-refractivity contribution < 1.29 is 9.53 Å². The van der Waals surface area contributed by atoms with Crippen LogP contribution in [0, 0.1) is 30.1 Å². The molecule has 168 valence electrons. The average Bonchev–Trinajstić information content (AvgIpc) is 3.27. The van der Waals surface area contributed by atoms with Gasteiger partial charge in [0.25, 0.3) is 5.56 Å². The zero-order chi connectivity index (χ0) is 22.5. The molecule has 9 nitrogen and oxygen atoms in total. The first-order valence-corrected chi connectivity index (χ1v) is 11.1. The largest absolute Gasteiger partial charge is 0.491 e. The van der Waals surface area contributed by atoms with Crippen LogP contribution in [0.1, 0.15) is 36.8 Å². The average molecular weight is 437 g/mol. The quantitative estimate of drug-likeness (QED) is 0.735. The molecular formula is C23H28N6O3. The summed E-state index contributed by atoms with van der Waals surface area (Å²) in [4.78, 5) is 32.9. The number of nitrogens with one attached hydrogen (secondary N) is 1. The minimum Gasteiger partial charge on any atom is -0.491 e. The summed E-state index contributed by atoms with van der Waals surface area (Å²) in [5.41, 5.74) is 0.861. The standard InChI is InChI=1S/C23H28N6O3/c1-16-20(14-26-27-23(16)31)32-15-18-3-2-17(10-18)11-22(30)29-8-6-28(7-9-29)21-5-4-19(12-24)13-25-21/h4-5,13-14,17-18H,2-3,6-11,15H2,1H3,(H,27,31)/t17-,18-/m1/s1. The maximum absolute atomic E-state index is 12.8. The highest BCUT2D eigenvalue weighted by Gasteiger charge is 2.30. The maximum atomic E-state index is 12.8. The fourth-order valence-corrected chi connectivity index (χ4v) is 4.51. The first-order valence-electron chi connectivity index (χ1n) is 11.1. The van der Waals surface area contributed by atoms with E-state index in [9.17, 15) is 9.59 Å². The molecule has 1 aliphatic heterocycles. The van der Waals surface area contributed by atoms with Crippen LogP contribution in [0.5, 0.6) is 5.75 Å². The first kappa shape index (κ1) is 21.8. The monoisotopic (exact) mass is 436 g/mol. The summed E-state index contributed by atoms with van der Waals surface area (Å²) in [6.45, 7) is 5.14. The van der Waals surface area contributed by atoms with Crippen LogP contribution in [-0.2, 0) is 4.79 Å². The highest BCUT2D eigenvalue weighted by molar-refractivity contribution is 5.76. The molecule has 3 heterocycles. The summed E-state index contributed by atoms with van der Waals surface area (Å²) in [6, 6.07) is 5.71. The lowest BCUT2D eigenvalue weighted by atomic mass is 10.0. The second kappa shape index (κ2) is 9.81. The summed E-state index contributed by atoms with van der Waals surface area (Å²) in [6.07, 6.45) is 6.74. The molecule has 1 aliphatic carbocycles. The van der Waals surface area contributed by atoms with Gasteiger partial charge in [0.2, 0.25) is 5.91 Å². The Morgan fingerprint density at radius 2 is 2.00 bits per heavy atom. The highest BCUT2D eigenvalue weighted by Crippen LogP contribution is 2.34. The van der Waals surface area contributed by atoms with Crippen molar-refractivity contribution in [1.29, 1.82) is 5.26 Å². The fraction of sp³-hybridized carbons (Fsp3) is 0.522. The number of nitrogens with zero attached hydrogens (tertiary/aromatic N) is 5. The summed E-state index contributed by atoms with van der Waals surface area (Å²) in [5.74, 6) is 2.38. The lowest BCUT2D eigenvalue weighted by Gasteiger charge is -2.35. The molecule has 0 radical (unpaired) electrons. The number of H-pyrrole nitrogens is 1. The number of piperazine rings is 1. The van der Waals surface area contributed by atoms with E-state index in [-0.39, 0.29) is 11.5 Å². The summed E-state index contributed by atoms with van der Waals surface area (Å²) >= 11 is 0. The molecule has 32 heavy (non-hydrogen) atoms. The molecule has 0 spiro atoms. The number of hydrogen-bond donors (Lipinski definition) is 1. The van der Waals surface area contributed by atoms with Gasteiger partial charge in [-0.2, -0.15) is 10.4 Å². The van der Waals surface area contributed by atoms with E-state index in [1.54, 1.807) is 25.4 Å². The lowest BCUT2D eigenvalue weighted by Crippen LogP contribution is -2.49. The van der Waals surface area contributed by atoms with E-state index in [0.29, 0.717) is 54.8 Å². The van der Waals surface area contributed by atoms with E-state index < -0.39 is 0 Å². The molecule has 2 fully saturated rings. The number of pyridine rings is 1. The van der Waals surface area contributed by atoms with Gasteiger partial charge >= 0.3 is 0 Å². The van der Waals surface area contributed by atoms with Crippen LogP contribution in [0.2, 0.25) is 0 Å². The summed E-state index contributed by atoms with van der Waals surface area (Å²) in [7, 11) is 0. The second-order valence-electron chi connectivity index (χ2n) is 8.63. The predicted molar refractivity (Wildman–Crippen MR) is 118 cm³/mol. The Morgan fingerprint density at radius 1 is 1.22 bits per heavy atom. The van der Waals surface area contributed by atoms with Crippen LogP contribution in [0.3, 0.4) is 0 Å². The van der Waals surface area contributed by atoms with E-state index >= 15 is 0 Å². The maximum Gasteiger partial charge on any atom is 0.270 e. The van der Waals surface area contributed by atoms with Crippen molar-refractivity contribution in [3.05, 3.63) is 46.0 Å². The minimum atomic E-state index is -0.229. The van der Waals surface area contributed by atoms with Crippen molar-refractivity contribution in [2.75, 3.05) is 37.7 Å². The molecule has 0 bridgehead atoms. The molecule has 2 atom stereocenters. The number of rotatable bonds is 6. The molecule has 0 aromatic carbocycles. The van der Waals surface area contributed by atoms with Crippen LogP contribution in [0.25, 0.3) is 0 Å².